The van der Waals surface area contributed by atoms with E-state index in [1.807, 2.05) is 25.1 Å². The average molecular weight is 323 g/mol. The molecule has 0 heterocycles. The number of benzene rings is 2. The topological polar surface area (TPSA) is 72.2 Å². The number of para-hydroxylation sites is 1. The van der Waals surface area contributed by atoms with Gasteiger partial charge in [-0.05, 0) is 36.8 Å². The maximum absolute atomic E-state index is 12.2. The van der Waals surface area contributed by atoms with E-state index in [0.29, 0.717) is 21.3 Å². The minimum atomic E-state index is -1.54. The van der Waals surface area contributed by atoms with Crippen LogP contribution in [0.2, 0.25) is 5.02 Å². The van der Waals surface area contributed by atoms with Crippen molar-refractivity contribution in [2.24, 2.45) is 0 Å². The first-order valence-corrected chi connectivity index (χ1v) is 7.96. The maximum atomic E-state index is 12.2. The summed E-state index contributed by atoms with van der Waals surface area (Å²) < 4.78 is 12.2. The van der Waals surface area contributed by atoms with Gasteiger partial charge in [-0.25, -0.2) is 0 Å². The Hall–Kier alpha value is -1.85. The molecule has 4 nitrogen and oxygen atoms in total. The number of amides is 1. The monoisotopic (exact) mass is 322 g/mol. The van der Waals surface area contributed by atoms with Crippen LogP contribution < -0.4 is 11.1 Å². The largest absolute Gasteiger partial charge is 0.399 e. The molecule has 0 fully saturated rings. The molecule has 2 aromatic carbocycles. The van der Waals surface area contributed by atoms with Gasteiger partial charge >= 0.3 is 0 Å². The van der Waals surface area contributed by atoms with Gasteiger partial charge < -0.3 is 11.1 Å². The van der Waals surface area contributed by atoms with Gasteiger partial charge in [0.05, 0.1) is 20.7 Å². The summed E-state index contributed by atoms with van der Waals surface area (Å²) in [4.78, 5) is 12.3. The lowest BCUT2D eigenvalue weighted by Gasteiger charge is -2.09. The van der Waals surface area contributed by atoms with Gasteiger partial charge in [-0.2, -0.15) is 0 Å². The number of hydrogen-bond donors (Lipinski definition) is 2. The summed E-state index contributed by atoms with van der Waals surface area (Å²) in [6.07, 6.45) is 0. The highest BCUT2D eigenvalue weighted by Crippen LogP contribution is 2.22. The number of aryl methyl sites for hydroxylation is 1. The molecule has 0 radical (unpaired) electrons. The normalized spacial score (nSPS) is 11.9. The second-order valence-electron chi connectivity index (χ2n) is 4.54. The van der Waals surface area contributed by atoms with Crippen molar-refractivity contribution in [2.45, 2.75) is 11.8 Å². The number of carbonyl (C=O) groups is 1. The van der Waals surface area contributed by atoms with Gasteiger partial charge in [-0.1, -0.05) is 29.8 Å². The lowest BCUT2D eigenvalue weighted by molar-refractivity contribution is -0.113. The smallest absolute Gasteiger partial charge is 0.237 e. The van der Waals surface area contributed by atoms with E-state index in [-0.39, 0.29) is 11.7 Å². The number of nitrogens with two attached hydrogens (primary N) is 1. The van der Waals surface area contributed by atoms with Crippen molar-refractivity contribution in [1.29, 1.82) is 0 Å². The van der Waals surface area contributed by atoms with Crippen molar-refractivity contribution >= 4 is 39.7 Å². The van der Waals surface area contributed by atoms with E-state index < -0.39 is 10.8 Å². The Labute approximate surface area is 130 Å². The Kier molecular flexibility index (Phi) is 4.98. The summed E-state index contributed by atoms with van der Waals surface area (Å²) in [6, 6.07) is 12.1. The van der Waals surface area contributed by atoms with E-state index in [1.165, 1.54) is 6.07 Å². The highest BCUT2D eigenvalue weighted by atomic mass is 35.5. The molecule has 0 aliphatic rings. The van der Waals surface area contributed by atoms with Gasteiger partial charge in [0.2, 0.25) is 5.91 Å². The van der Waals surface area contributed by atoms with Gasteiger partial charge in [0, 0.05) is 11.4 Å². The molecule has 0 saturated carbocycles. The van der Waals surface area contributed by atoms with Crippen LogP contribution >= 0.6 is 11.6 Å². The summed E-state index contributed by atoms with van der Waals surface area (Å²) in [6.45, 7) is 1.89. The zero-order chi connectivity index (χ0) is 15.4. The van der Waals surface area contributed by atoms with E-state index in [9.17, 15) is 9.00 Å². The molecule has 0 aliphatic heterocycles. The SMILES string of the molecule is Cc1ccccc1NC(=O)CS(=O)c1cc(N)ccc1Cl. The Morgan fingerprint density at radius 2 is 2.00 bits per heavy atom. The second-order valence-corrected chi connectivity index (χ2v) is 6.37. The molecule has 110 valence electrons. The summed E-state index contributed by atoms with van der Waals surface area (Å²) in [7, 11) is -1.54. The molecular weight excluding hydrogens is 308 g/mol. The number of halogens is 1. The van der Waals surface area contributed by atoms with Crippen LogP contribution in [-0.2, 0) is 15.6 Å². The Balaban J connectivity index is 2.08. The predicted molar refractivity (Wildman–Crippen MR) is 86.9 cm³/mol. The molecule has 1 atom stereocenters. The van der Waals surface area contributed by atoms with E-state index in [1.54, 1.807) is 18.2 Å². The fourth-order valence-electron chi connectivity index (χ4n) is 1.79. The van der Waals surface area contributed by atoms with Crippen molar-refractivity contribution in [3.63, 3.8) is 0 Å². The number of carbonyl (C=O) groups excluding carboxylic acids is 1. The van der Waals surface area contributed by atoms with Crippen LogP contribution in [0.5, 0.6) is 0 Å². The van der Waals surface area contributed by atoms with Gasteiger partial charge in [0.25, 0.3) is 0 Å². The first-order chi connectivity index (χ1) is 9.97. The minimum Gasteiger partial charge on any atom is -0.399 e. The van der Waals surface area contributed by atoms with Crippen molar-refractivity contribution in [2.75, 3.05) is 16.8 Å². The van der Waals surface area contributed by atoms with E-state index >= 15 is 0 Å². The van der Waals surface area contributed by atoms with Crippen molar-refractivity contribution < 1.29 is 9.00 Å². The standard InChI is InChI=1S/C15H15ClN2O2S/c1-10-4-2-3-5-13(10)18-15(19)9-21(20)14-8-11(17)6-7-12(14)16/h2-8H,9,17H2,1H3,(H,18,19). The first-order valence-electron chi connectivity index (χ1n) is 6.26. The molecule has 2 rings (SSSR count). The molecule has 0 aromatic heterocycles. The third kappa shape index (κ3) is 4.06. The average Bonchev–Trinajstić information content (AvgIpc) is 2.44. The van der Waals surface area contributed by atoms with E-state index in [0.717, 1.165) is 5.56 Å². The number of hydrogen-bond acceptors (Lipinski definition) is 3. The lowest BCUT2D eigenvalue weighted by Crippen LogP contribution is -2.20. The number of nitrogens with one attached hydrogen (secondary N) is 1. The third-order valence-electron chi connectivity index (χ3n) is 2.88. The second kappa shape index (κ2) is 6.74. The molecule has 2 aromatic rings. The van der Waals surface area contributed by atoms with Crippen LogP contribution in [0, 0.1) is 6.92 Å². The third-order valence-corrected chi connectivity index (χ3v) is 4.68. The summed E-state index contributed by atoms with van der Waals surface area (Å²) in [5, 5.41) is 3.08. The fourth-order valence-corrected chi connectivity index (χ4v) is 3.19. The molecule has 0 bridgehead atoms. The van der Waals surface area contributed by atoms with Crippen LogP contribution in [0.15, 0.2) is 47.4 Å². The van der Waals surface area contributed by atoms with Gasteiger partial charge in [0.1, 0.15) is 5.75 Å². The zero-order valence-corrected chi connectivity index (χ0v) is 13.0. The molecule has 0 spiro atoms. The maximum Gasteiger partial charge on any atom is 0.237 e. The molecule has 6 heteroatoms. The van der Waals surface area contributed by atoms with Crippen LogP contribution in [0.3, 0.4) is 0 Å². The van der Waals surface area contributed by atoms with Crippen LogP contribution in [0.25, 0.3) is 0 Å². The van der Waals surface area contributed by atoms with Gasteiger partial charge in [0.15, 0.2) is 0 Å². The lowest BCUT2D eigenvalue weighted by atomic mass is 10.2. The van der Waals surface area contributed by atoms with Crippen molar-refractivity contribution in [1.82, 2.24) is 0 Å². The van der Waals surface area contributed by atoms with Gasteiger partial charge in [-0.15, -0.1) is 0 Å². The molecular formula is C15H15ClN2O2S. The number of rotatable bonds is 4. The number of anilines is 2. The molecule has 1 unspecified atom stereocenters. The molecule has 1 amide bonds. The van der Waals surface area contributed by atoms with Crippen molar-refractivity contribution in [3.8, 4) is 0 Å². The molecule has 0 saturated heterocycles. The Morgan fingerprint density at radius 1 is 1.29 bits per heavy atom. The first kappa shape index (κ1) is 15.5. The number of nitrogen functional groups attached to an aromatic ring is 1. The van der Waals surface area contributed by atoms with Gasteiger partial charge in [-0.3, -0.25) is 9.00 Å². The van der Waals surface area contributed by atoms with Crippen molar-refractivity contribution in [3.05, 3.63) is 53.1 Å². The molecule has 0 aliphatic carbocycles. The quantitative estimate of drug-likeness (QED) is 0.850. The van der Waals surface area contributed by atoms with Crippen LogP contribution in [-0.4, -0.2) is 15.9 Å². The Bertz CT molecular complexity index is 704. The molecule has 21 heavy (non-hydrogen) atoms. The zero-order valence-electron chi connectivity index (χ0n) is 11.4. The summed E-state index contributed by atoms with van der Waals surface area (Å²) in [5.41, 5.74) is 7.76. The summed E-state index contributed by atoms with van der Waals surface area (Å²) in [5.74, 6) is -0.501. The van der Waals surface area contributed by atoms with E-state index in [4.69, 9.17) is 17.3 Å². The fraction of sp³-hybridized carbons (Fsp3) is 0.133. The highest BCUT2D eigenvalue weighted by Gasteiger charge is 2.14. The summed E-state index contributed by atoms with van der Waals surface area (Å²) >= 11 is 5.98. The molecule has 3 N–H and O–H groups in total. The van der Waals surface area contributed by atoms with Crippen LogP contribution in [0.1, 0.15) is 5.56 Å². The minimum absolute atomic E-state index is 0.169. The Morgan fingerprint density at radius 3 is 2.71 bits per heavy atom. The highest BCUT2D eigenvalue weighted by molar-refractivity contribution is 7.86. The van der Waals surface area contributed by atoms with Crippen LogP contribution in [0.4, 0.5) is 11.4 Å². The predicted octanol–water partition coefficient (Wildman–Crippen LogP) is 2.98. The van der Waals surface area contributed by atoms with E-state index in [2.05, 4.69) is 5.32 Å².